The molecule has 0 fully saturated rings. The lowest BCUT2D eigenvalue weighted by molar-refractivity contribution is 0.897. The molecule has 0 saturated heterocycles. The van der Waals surface area contributed by atoms with Gasteiger partial charge in [0.25, 0.3) is 0 Å². The Bertz CT molecular complexity index is 392. The molecule has 0 aromatic carbocycles. The molecule has 0 radical (unpaired) electrons. The molecule has 3 nitrogen and oxygen atoms in total. The molecule has 1 N–H and O–H groups in total. The Morgan fingerprint density at radius 1 is 1.36 bits per heavy atom. The molecule has 0 aliphatic rings. The standard InChI is InChI=1S/C9H11N3S2/c1-6(2)11-9-12-7(5-14-9)8-10-3-4-13-8/h3-6H,1-2H3,(H,11,12). The molecule has 5 heteroatoms. The minimum Gasteiger partial charge on any atom is -0.359 e. The normalized spacial score (nSPS) is 10.8. The predicted molar refractivity (Wildman–Crippen MR) is 62.0 cm³/mol. The summed E-state index contributed by atoms with van der Waals surface area (Å²) in [6.45, 7) is 4.20. The number of anilines is 1. The minimum absolute atomic E-state index is 0.422. The van der Waals surface area contributed by atoms with Crippen molar-refractivity contribution < 1.29 is 0 Å². The van der Waals surface area contributed by atoms with Crippen LogP contribution in [0.3, 0.4) is 0 Å². The van der Waals surface area contributed by atoms with Crippen molar-refractivity contribution >= 4 is 27.8 Å². The molecule has 0 amide bonds. The van der Waals surface area contributed by atoms with Gasteiger partial charge in [-0.05, 0) is 13.8 Å². The number of hydrogen-bond acceptors (Lipinski definition) is 5. The number of hydrogen-bond donors (Lipinski definition) is 1. The van der Waals surface area contributed by atoms with Gasteiger partial charge in [-0.15, -0.1) is 22.7 Å². The fraction of sp³-hybridized carbons (Fsp3) is 0.333. The SMILES string of the molecule is CC(C)Nc1nc(-c2nccs2)cs1. The highest BCUT2D eigenvalue weighted by molar-refractivity contribution is 7.15. The summed E-state index contributed by atoms with van der Waals surface area (Å²) >= 11 is 3.23. The summed E-state index contributed by atoms with van der Waals surface area (Å²) in [4.78, 5) is 8.66. The third-order valence-corrected chi connectivity index (χ3v) is 3.14. The van der Waals surface area contributed by atoms with E-state index in [2.05, 4.69) is 29.1 Å². The van der Waals surface area contributed by atoms with Gasteiger partial charge in [0.15, 0.2) is 5.13 Å². The number of thiazole rings is 2. The van der Waals surface area contributed by atoms with Crippen LogP contribution in [0.1, 0.15) is 13.8 Å². The molecular weight excluding hydrogens is 214 g/mol. The van der Waals surface area contributed by atoms with Crippen molar-refractivity contribution in [2.45, 2.75) is 19.9 Å². The lowest BCUT2D eigenvalue weighted by atomic mass is 10.4. The largest absolute Gasteiger partial charge is 0.359 e. The maximum Gasteiger partial charge on any atom is 0.183 e. The first-order chi connectivity index (χ1) is 6.75. The molecule has 0 atom stereocenters. The number of aromatic nitrogens is 2. The number of nitrogens with one attached hydrogen (secondary N) is 1. The first-order valence-corrected chi connectivity index (χ1v) is 6.13. The molecule has 74 valence electrons. The highest BCUT2D eigenvalue weighted by Crippen LogP contribution is 2.26. The second-order valence-corrected chi connectivity index (χ2v) is 4.93. The van der Waals surface area contributed by atoms with Crippen molar-refractivity contribution in [1.29, 1.82) is 0 Å². The highest BCUT2D eigenvalue weighted by atomic mass is 32.1. The van der Waals surface area contributed by atoms with Crippen LogP contribution in [-0.2, 0) is 0 Å². The van der Waals surface area contributed by atoms with E-state index in [1.54, 1.807) is 28.9 Å². The molecule has 0 saturated carbocycles. The first-order valence-electron chi connectivity index (χ1n) is 4.37. The Kier molecular flexibility index (Phi) is 2.79. The molecule has 0 bridgehead atoms. The van der Waals surface area contributed by atoms with Crippen molar-refractivity contribution in [1.82, 2.24) is 9.97 Å². The third-order valence-electron chi connectivity index (χ3n) is 1.57. The molecule has 0 aliphatic heterocycles. The van der Waals surface area contributed by atoms with E-state index in [1.807, 2.05) is 10.8 Å². The Labute approximate surface area is 90.9 Å². The van der Waals surface area contributed by atoms with E-state index in [-0.39, 0.29) is 0 Å². The van der Waals surface area contributed by atoms with Gasteiger partial charge in [-0.1, -0.05) is 0 Å². The average Bonchev–Trinajstić information content (AvgIpc) is 2.69. The smallest absolute Gasteiger partial charge is 0.183 e. The van der Waals surface area contributed by atoms with E-state index in [9.17, 15) is 0 Å². The van der Waals surface area contributed by atoms with Crippen molar-refractivity contribution in [3.8, 4) is 10.7 Å². The molecule has 14 heavy (non-hydrogen) atoms. The summed E-state index contributed by atoms with van der Waals surface area (Å²) in [6, 6.07) is 0.422. The second kappa shape index (κ2) is 4.06. The molecule has 2 heterocycles. The quantitative estimate of drug-likeness (QED) is 0.872. The van der Waals surface area contributed by atoms with Crippen molar-refractivity contribution in [3.63, 3.8) is 0 Å². The summed E-state index contributed by atoms with van der Waals surface area (Å²) in [5.74, 6) is 0. The number of nitrogens with zero attached hydrogens (tertiary/aromatic N) is 2. The van der Waals surface area contributed by atoms with Gasteiger partial charge in [0.05, 0.1) is 0 Å². The van der Waals surface area contributed by atoms with E-state index in [4.69, 9.17) is 0 Å². The molecular formula is C9H11N3S2. The fourth-order valence-corrected chi connectivity index (χ4v) is 2.55. The Hall–Kier alpha value is -0.940. The van der Waals surface area contributed by atoms with Gasteiger partial charge < -0.3 is 5.32 Å². The summed E-state index contributed by atoms with van der Waals surface area (Å²) in [6.07, 6.45) is 1.80. The van der Waals surface area contributed by atoms with Crippen molar-refractivity contribution in [2.75, 3.05) is 5.32 Å². The van der Waals surface area contributed by atoms with Crippen LogP contribution < -0.4 is 5.32 Å². The van der Waals surface area contributed by atoms with Crippen LogP contribution in [0.2, 0.25) is 0 Å². The maximum absolute atomic E-state index is 4.45. The van der Waals surface area contributed by atoms with Gasteiger partial charge in [0, 0.05) is 23.0 Å². The first kappa shape index (κ1) is 9.61. The monoisotopic (exact) mass is 225 g/mol. The van der Waals surface area contributed by atoms with E-state index in [1.165, 1.54) is 0 Å². The highest BCUT2D eigenvalue weighted by Gasteiger charge is 2.06. The van der Waals surface area contributed by atoms with Gasteiger partial charge in [-0.25, -0.2) is 9.97 Å². The van der Waals surface area contributed by atoms with E-state index in [0.717, 1.165) is 15.8 Å². The van der Waals surface area contributed by atoms with Gasteiger partial charge >= 0.3 is 0 Å². The van der Waals surface area contributed by atoms with Crippen LogP contribution >= 0.6 is 22.7 Å². The minimum atomic E-state index is 0.422. The maximum atomic E-state index is 4.45. The summed E-state index contributed by atoms with van der Waals surface area (Å²) in [5.41, 5.74) is 0.966. The summed E-state index contributed by atoms with van der Waals surface area (Å²) in [7, 11) is 0. The van der Waals surface area contributed by atoms with Crippen LogP contribution in [0, 0.1) is 0 Å². The lowest BCUT2D eigenvalue weighted by Gasteiger charge is -2.03. The Balaban J connectivity index is 2.18. The van der Waals surface area contributed by atoms with Crippen LogP contribution in [-0.4, -0.2) is 16.0 Å². The van der Waals surface area contributed by atoms with E-state index in [0.29, 0.717) is 6.04 Å². The molecule has 0 unspecified atom stereocenters. The molecule has 2 aromatic rings. The third kappa shape index (κ3) is 2.10. The fourth-order valence-electron chi connectivity index (χ4n) is 1.04. The van der Waals surface area contributed by atoms with Crippen LogP contribution in [0.5, 0.6) is 0 Å². The van der Waals surface area contributed by atoms with Crippen LogP contribution in [0.4, 0.5) is 5.13 Å². The Morgan fingerprint density at radius 2 is 2.21 bits per heavy atom. The van der Waals surface area contributed by atoms with Crippen LogP contribution in [0.25, 0.3) is 10.7 Å². The van der Waals surface area contributed by atoms with E-state index >= 15 is 0 Å². The molecule has 2 rings (SSSR count). The second-order valence-electron chi connectivity index (χ2n) is 3.17. The number of rotatable bonds is 3. The van der Waals surface area contributed by atoms with E-state index < -0.39 is 0 Å². The van der Waals surface area contributed by atoms with Crippen molar-refractivity contribution in [3.05, 3.63) is 17.0 Å². The van der Waals surface area contributed by atoms with Gasteiger partial charge in [0.2, 0.25) is 0 Å². The van der Waals surface area contributed by atoms with Gasteiger partial charge in [-0.2, -0.15) is 0 Å². The zero-order chi connectivity index (χ0) is 9.97. The zero-order valence-electron chi connectivity index (χ0n) is 8.02. The topological polar surface area (TPSA) is 37.8 Å². The molecule has 0 aliphatic carbocycles. The Morgan fingerprint density at radius 3 is 2.86 bits per heavy atom. The molecule has 0 spiro atoms. The summed E-state index contributed by atoms with van der Waals surface area (Å²) < 4.78 is 0. The van der Waals surface area contributed by atoms with Gasteiger partial charge in [-0.3, -0.25) is 0 Å². The lowest BCUT2D eigenvalue weighted by Crippen LogP contribution is -2.08. The van der Waals surface area contributed by atoms with Crippen LogP contribution in [0.15, 0.2) is 17.0 Å². The zero-order valence-corrected chi connectivity index (χ0v) is 9.65. The predicted octanol–water partition coefficient (Wildman–Crippen LogP) is 3.09. The van der Waals surface area contributed by atoms with Crippen molar-refractivity contribution in [2.24, 2.45) is 0 Å². The van der Waals surface area contributed by atoms with Gasteiger partial charge in [0.1, 0.15) is 10.7 Å². The summed E-state index contributed by atoms with van der Waals surface area (Å²) in [5, 5.41) is 9.21. The molecule has 2 aromatic heterocycles. The average molecular weight is 225 g/mol.